The van der Waals surface area contributed by atoms with Gasteiger partial charge in [0.1, 0.15) is 5.75 Å². The van der Waals surface area contributed by atoms with E-state index >= 15 is 0 Å². The Balaban J connectivity index is 1.69. The Morgan fingerprint density at radius 2 is 2.11 bits per heavy atom. The predicted molar refractivity (Wildman–Crippen MR) is 80.8 cm³/mol. The van der Waals surface area contributed by atoms with Gasteiger partial charge in [0.2, 0.25) is 0 Å². The lowest BCUT2D eigenvalue weighted by molar-refractivity contribution is 0.0649. The molecule has 1 aromatic carbocycles. The Morgan fingerprint density at radius 1 is 1.37 bits per heavy atom. The smallest absolute Gasteiger partial charge is 0.115 e. The van der Waals surface area contributed by atoms with Crippen LogP contribution in [0.2, 0.25) is 0 Å². The maximum absolute atomic E-state index is 10.2. The van der Waals surface area contributed by atoms with Crippen molar-refractivity contribution < 1.29 is 10.2 Å². The van der Waals surface area contributed by atoms with Gasteiger partial charge in [0, 0.05) is 18.3 Å². The van der Waals surface area contributed by atoms with Crippen LogP contribution in [0.4, 0.5) is 0 Å². The summed E-state index contributed by atoms with van der Waals surface area (Å²) in [5.74, 6) is 2.24. The van der Waals surface area contributed by atoms with E-state index in [9.17, 15) is 10.2 Å². The third kappa shape index (κ3) is 4.71. The molecule has 0 aromatic heterocycles. The van der Waals surface area contributed by atoms with E-state index in [1.54, 1.807) is 12.1 Å². The molecule has 3 nitrogen and oxygen atoms in total. The highest BCUT2D eigenvalue weighted by Crippen LogP contribution is 2.27. The SMILES string of the molecule is C[C@@H](CCc1ccc(O)cc1)NC[C@@]1(O)CCSC1. The van der Waals surface area contributed by atoms with Crippen LogP contribution < -0.4 is 5.32 Å². The standard InChI is InChI=1S/C15H23NO2S/c1-12(16-10-15(18)8-9-19-11-15)2-3-13-4-6-14(17)7-5-13/h4-7,12,16-18H,2-3,8-11H2,1H3/t12-,15-/m0/s1. The molecule has 0 amide bonds. The molecule has 0 saturated carbocycles. The van der Waals surface area contributed by atoms with Gasteiger partial charge in [0.25, 0.3) is 0 Å². The number of hydrogen-bond acceptors (Lipinski definition) is 4. The summed E-state index contributed by atoms with van der Waals surface area (Å²) in [5.41, 5.74) is 0.735. The predicted octanol–water partition coefficient (Wildman–Crippen LogP) is 2.17. The van der Waals surface area contributed by atoms with Crippen molar-refractivity contribution in [2.24, 2.45) is 0 Å². The summed E-state index contributed by atoms with van der Waals surface area (Å²) < 4.78 is 0. The number of aliphatic hydroxyl groups is 1. The van der Waals surface area contributed by atoms with Gasteiger partial charge >= 0.3 is 0 Å². The monoisotopic (exact) mass is 281 g/mol. The molecule has 106 valence electrons. The van der Waals surface area contributed by atoms with Crippen LogP contribution in [0.3, 0.4) is 0 Å². The molecular weight excluding hydrogens is 258 g/mol. The summed E-state index contributed by atoms with van der Waals surface area (Å²) in [6, 6.07) is 7.77. The van der Waals surface area contributed by atoms with E-state index in [-0.39, 0.29) is 0 Å². The Bertz CT molecular complexity index is 388. The molecule has 2 rings (SSSR count). The van der Waals surface area contributed by atoms with Crippen molar-refractivity contribution in [3.05, 3.63) is 29.8 Å². The molecule has 0 spiro atoms. The molecule has 1 aliphatic rings. The quantitative estimate of drug-likeness (QED) is 0.748. The summed E-state index contributed by atoms with van der Waals surface area (Å²) in [6.45, 7) is 2.85. The minimum absolute atomic E-state index is 0.316. The highest BCUT2D eigenvalue weighted by molar-refractivity contribution is 7.99. The molecular formula is C15H23NO2S. The third-order valence-electron chi connectivity index (χ3n) is 3.66. The topological polar surface area (TPSA) is 52.5 Å². The number of aryl methyl sites for hydroxylation is 1. The highest BCUT2D eigenvalue weighted by atomic mass is 32.2. The van der Waals surface area contributed by atoms with Gasteiger partial charge in [-0.3, -0.25) is 0 Å². The minimum Gasteiger partial charge on any atom is -0.508 e. The van der Waals surface area contributed by atoms with E-state index in [0.717, 1.165) is 30.8 Å². The maximum atomic E-state index is 10.2. The van der Waals surface area contributed by atoms with Crippen molar-refractivity contribution in [2.75, 3.05) is 18.1 Å². The van der Waals surface area contributed by atoms with Gasteiger partial charge < -0.3 is 15.5 Å². The second-order valence-electron chi connectivity index (χ2n) is 5.51. The van der Waals surface area contributed by atoms with E-state index in [2.05, 4.69) is 12.2 Å². The summed E-state index contributed by atoms with van der Waals surface area (Å²) >= 11 is 1.83. The zero-order valence-electron chi connectivity index (χ0n) is 11.4. The number of nitrogens with one attached hydrogen (secondary N) is 1. The second kappa shape index (κ2) is 6.64. The van der Waals surface area contributed by atoms with Crippen molar-refractivity contribution in [2.45, 2.75) is 37.8 Å². The van der Waals surface area contributed by atoms with Gasteiger partial charge in [-0.15, -0.1) is 0 Å². The summed E-state index contributed by atoms with van der Waals surface area (Å²) in [7, 11) is 0. The van der Waals surface area contributed by atoms with Crippen molar-refractivity contribution in [3.8, 4) is 5.75 Å². The zero-order valence-corrected chi connectivity index (χ0v) is 12.2. The van der Waals surface area contributed by atoms with Crippen LogP contribution in [0.5, 0.6) is 5.75 Å². The first kappa shape index (κ1) is 14.7. The Morgan fingerprint density at radius 3 is 2.74 bits per heavy atom. The fraction of sp³-hybridized carbons (Fsp3) is 0.600. The highest BCUT2D eigenvalue weighted by Gasteiger charge is 2.31. The van der Waals surface area contributed by atoms with Crippen molar-refractivity contribution in [1.82, 2.24) is 5.32 Å². The van der Waals surface area contributed by atoms with Crippen molar-refractivity contribution in [1.29, 1.82) is 0 Å². The molecule has 19 heavy (non-hydrogen) atoms. The zero-order chi connectivity index (χ0) is 13.7. The van der Waals surface area contributed by atoms with E-state index in [1.807, 2.05) is 23.9 Å². The fourth-order valence-electron chi connectivity index (χ4n) is 2.25. The van der Waals surface area contributed by atoms with E-state index in [4.69, 9.17) is 0 Å². The molecule has 1 aliphatic heterocycles. The fourth-order valence-corrected chi connectivity index (χ4v) is 3.54. The second-order valence-corrected chi connectivity index (χ2v) is 6.62. The number of rotatable bonds is 6. The lowest BCUT2D eigenvalue weighted by atomic mass is 10.0. The third-order valence-corrected chi connectivity index (χ3v) is 4.90. The molecule has 4 heteroatoms. The molecule has 0 unspecified atom stereocenters. The summed E-state index contributed by atoms with van der Waals surface area (Å²) in [4.78, 5) is 0. The molecule has 0 bridgehead atoms. The van der Waals surface area contributed by atoms with Crippen LogP contribution in [-0.4, -0.2) is 39.9 Å². The normalized spacial score (nSPS) is 24.5. The van der Waals surface area contributed by atoms with Crippen molar-refractivity contribution >= 4 is 11.8 Å². The van der Waals surface area contributed by atoms with Crippen molar-refractivity contribution in [3.63, 3.8) is 0 Å². The number of aromatic hydroxyl groups is 1. The van der Waals surface area contributed by atoms with Gasteiger partial charge in [-0.1, -0.05) is 12.1 Å². The van der Waals surface area contributed by atoms with Gasteiger partial charge in [-0.25, -0.2) is 0 Å². The molecule has 1 fully saturated rings. The number of thioether (sulfide) groups is 1. The largest absolute Gasteiger partial charge is 0.508 e. The number of benzene rings is 1. The maximum Gasteiger partial charge on any atom is 0.115 e. The van der Waals surface area contributed by atoms with Gasteiger partial charge in [-0.05, 0) is 49.6 Å². The van der Waals surface area contributed by atoms with E-state index < -0.39 is 5.60 Å². The first-order chi connectivity index (χ1) is 9.07. The molecule has 1 heterocycles. The van der Waals surface area contributed by atoms with Gasteiger partial charge in [0.15, 0.2) is 0 Å². The van der Waals surface area contributed by atoms with Crippen LogP contribution >= 0.6 is 11.8 Å². The minimum atomic E-state index is -0.503. The Kier molecular flexibility index (Phi) is 5.13. The molecule has 2 atom stereocenters. The van der Waals surface area contributed by atoms with Crippen LogP contribution in [0, 0.1) is 0 Å². The van der Waals surface area contributed by atoms with Crippen LogP contribution in [0.25, 0.3) is 0 Å². The summed E-state index contributed by atoms with van der Waals surface area (Å²) in [5, 5.41) is 22.9. The molecule has 0 aliphatic carbocycles. The van der Waals surface area contributed by atoms with Gasteiger partial charge in [-0.2, -0.15) is 11.8 Å². The van der Waals surface area contributed by atoms with E-state index in [0.29, 0.717) is 18.3 Å². The molecule has 1 aromatic rings. The number of phenols is 1. The average Bonchev–Trinajstić information content (AvgIpc) is 2.83. The van der Waals surface area contributed by atoms with Gasteiger partial charge in [0.05, 0.1) is 5.60 Å². The Labute approximate surface area is 119 Å². The number of phenolic OH excluding ortho intramolecular Hbond substituents is 1. The first-order valence-electron chi connectivity index (χ1n) is 6.89. The summed E-state index contributed by atoms with van der Waals surface area (Å²) in [6.07, 6.45) is 2.92. The lowest BCUT2D eigenvalue weighted by Gasteiger charge is -2.24. The van der Waals surface area contributed by atoms with Crippen LogP contribution in [0.1, 0.15) is 25.3 Å². The molecule has 1 saturated heterocycles. The van der Waals surface area contributed by atoms with Crippen LogP contribution in [-0.2, 0) is 6.42 Å². The molecule has 0 radical (unpaired) electrons. The number of hydrogen-bond donors (Lipinski definition) is 3. The average molecular weight is 281 g/mol. The molecule has 3 N–H and O–H groups in total. The van der Waals surface area contributed by atoms with E-state index in [1.165, 1.54) is 5.56 Å². The first-order valence-corrected chi connectivity index (χ1v) is 8.04. The van der Waals surface area contributed by atoms with Crippen LogP contribution in [0.15, 0.2) is 24.3 Å². The Hall–Kier alpha value is -0.710. The lowest BCUT2D eigenvalue weighted by Crippen LogP contribution is -2.43.